The topological polar surface area (TPSA) is 86.4 Å². The number of ether oxygens (including phenoxy) is 1. The van der Waals surface area contributed by atoms with Crippen LogP contribution < -0.4 is 15.8 Å². The SMILES string of the molecule is NC(=O)c1ccccc1NC(=O)Cn1ccc2c(OCc3ccccc3)cccc21. The number of aromatic nitrogens is 1. The van der Waals surface area contributed by atoms with Crippen LogP contribution in [0.2, 0.25) is 0 Å². The van der Waals surface area contributed by atoms with Gasteiger partial charge >= 0.3 is 0 Å². The van der Waals surface area contributed by atoms with Gasteiger partial charge in [0.25, 0.3) is 5.91 Å². The summed E-state index contributed by atoms with van der Waals surface area (Å²) in [4.78, 5) is 24.1. The van der Waals surface area contributed by atoms with Gasteiger partial charge < -0.3 is 20.4 Å². The summed E-state index contributed by atoms with van der Waals surface area (Å²) >= 11 is 0. The molecule has 30 heavy (non-hydrogen) atoms. The first kappa shape index (κ1) is 19.3. The van der Waals surface area contributed by atoms with E-state index in [-0.39, 0.29) is 18.0 Å². The lowest BCUT2D eigenvalue weighted by molar-refractivity contribution is -0.116. The van der Waals surface area contributed by atoms with Gasteiger partial charge in [-0.2, -0.15) is 0 Å². The van der Waals surface area contributed by atoms with E-state index in [1.807, 2.05) is 65.4 Å². The first-order chi connectivity index (χ1) is 14.6. The molecule has 0 saturated carbocycles. The zero-order chi connectivity index (χ0) is 20.9. The molecular formula is C24H21N3O3. The van der Waals surface area contributed by atoms with Crippen LogP contribution in [-0.4, -0.2) is 16.4 Å². The van der Waals surface area contributed by atoms with Crippen LogP contribution in [0.3, 0.4) is 0 Å². The van der Waals surface area contributed by atoms with Gasteiger partial charge in [0.2, 0.25) is 5.91 Å². The molecule has 0 aliphatic rings. The molecule has 3 aromatic carbocycles. The lowest BCUT2D eigenvalue weighted by Crippen LogP contribution is -2.21. The third-order valence-electron chi connectivity index (χ3n) is 4.79. The predicted molar refractivity (Wildman–Crippen MR) is 116 cm³/mol. The lowest BCUT2D eigenvalue weighted by atomic mass is 10.1. The number of nitrogens with two attached hydrogens (primary N) is 1. The second kappa shape index (κ2) is 8.53. The number of primary amides is 1. The highest BCUT2D eigenvalue weighted by Crippen LogP contribution is 2.27. The quantitative estimate of drug-likeness (QED) is 0.493. The third-order valence-corrected chi connectivity index (χ3v) is 4.79. The minimum Gasteiger partial charge on any atom is -0.488 e. The fraction of sp³-hybridized carbons (Fsp3) is 0.0833. The van der Waals surface area contributed by atoms with E-state index < -0.39 is 5.91 Å². The van der Waals surface area contributed by atoms with E-state index in [4.69, 9.17) is 10.5 Å². The molecule has 1 heterocycles. The van der Waals surface area contributed by atoms with Gasteiger partial charge in [0, 0.05) is 11.6 Å². The summed E-state index contributed by atoms with van der Waals surface area (Å²) in [5.74, 6) is -0.0797. The standard InChI is InChI=1S/C24H21N3O3/c25-24(29)18-9-4-5-10-20(18)26-23(28)15-27-14-13-19-21(27)11-6-12-22(19)30-16-17-7-2-1-3-8-17/h1-14H,15-16H2,(H2,25,29)(H,26,28). The average Bonchev–Trinajstić information content (AvgIpc) is 3.16. The number of carbonyl (C=O) groups is 2. The van der Waals surface area contributed by atoms with E-state index in [2.05, 4.69) is 5.32 Å². The molecule has 2 amide bonds. The van der Waals surface area contributed by atoms with Gasteiger partial charge in [-0.15, -0.1) is 0 Å². The molecule has 1 aromatic heterocycles. The van der Waals surface area contributed by atoms with Crippen LogP contribution >= 0.6 is 0 Å². The van der Waals surface area contributed by atoms with Gasteiger partial charge in [0.05, 0.1) is 16.8 Å². The lowest BCUT2D eigenvalue weighted by Gasteiger charge is -2.11. The fourth-order valence-electron chi connectivity index (χ4n) is 3.35. The van der Waals surface area contributed by atoms with Crippen molar-refractivity contribution in [3.8, 4) is 5.75 Å². The molecule has 0 fully saturated rings. The number of fused-ring (bicyclic) bond motifs is 1. The molecule has 6 nitrogen and oxygen atoms in total. The highest BCUT2D eigenvalue weighted by atomic mass is 16.5. The maximum absolute atomic E-state index is 12.6. The Morgan fingerprint density at radius 3 is 2.47 bits per heavy atom. The van der Waals surface area contributed by atoms with Crippen molar-refractivity contribution < 1.29 is 14.3 Å². The van der Waals surface area contributed by atoms with E-state index in [1.54, 1.807) is 24.3 Å². The Hall–Kier alpha value is -4.06. The van der Waals surface area contributed by atoms with Gasteiger partial charge in [0.1, 0.15) is 18.9 Å². The Kier molecular flexibility index (Phi) is 5.48. The maximum atomic E-state index is 12.6. The number of nitrogens with zero attached hydrogens (tertiary/aromatic N) is 1. The van der Waals surface area contributed by atoms with Gasteiger partial charge in [-0.1, -0.05) is 48.5 Å². The maximum Gasteiger partial charge on any atom is 0.250 e. The number of hydrogen-bond donors (Lipinski definition) is 2. The van der Waals surface area contributed by atoms with Crippen molar-refractivity contribution >= 4 is 28.4 Å². The molecule has 0 unspecified atom stereocenters. The van der Waals surface area contributed by atoms with Crippen LogP contribution in [0.1, 0.15) is 15.9 Å². The van der Waals surface area contributed by atoms with E-state index in [9.17, 15) is 9.59 Å². The van der Waals surface area contributed by atoms with Crippen molar-refractivity contribution in [3.63, 3.8) is 0 Å². The summed E-state index contributed by atoms with van der Waals surface area (Å²) in [5.41, 5.74) is 8.03. The number of benzene rings is 3. The van der Waals surface area contributed by atoms with Crippen molar-refractivity contribution in [3.05, 3.63) is 96.2 Å². The molecule has 0 saturated heterocycles. The summed E-state index contributed by atoms with van der Waals surface area (Å²) in [6.07, 6.45) is 1.85. The van der Waals surface area contributed by atoms with E-state index in [0.717, 1.165) is 22.2 Å². The van der Waals surface area contributed by atoms with E-state index in [0.29, 0.717) is 12.3 Å². The normalized spacial score (nSPS) is 10.7. The number of amides is 2. The van der Waals surface area contributed by atoms with Crippen molar-refractivity contribution in [2.45, 2.75) is 13.2 Å². The highest BCUT2D eigenvalue weighted by Gasteiger charge is 2.13. The molecule has 0 spiro atoms. The Balaban J connectivity index is 1.50. The largest absolute Gasteiger partial charge is 0.488 e. The summed E-state index contributed by atoms with van der Waals surface area (Å²) in [5, 5.41) is 3.69. The number of carbonyl (C=O) groups excluding carboxylic acids is 2. The van der Waals surface area contributed by atoms with Gasteiger partial charge in [-0.3, -0.25) is 9.59 Å². The van der Waals surface area contributed by atoms with Crippen molar-refractivity contribution in [1.29, 1.82) is 0 Å². The molecular weight excluding hydrogens is 378 g/mol. The molecule has 4 rings (SSSR count). The molecule has 150 valence electrons. The molecule has 0 radical (unpaired) electrons. The Labute approximate surface area is 173 Å². The van der Waals surface area contributed by atoms with Crippen molar-refractivity contribution in [2.75, 3.05) is 5.32 Å². The Morgan fingerprint density at radius 2 is 1.67 bits per heavy atom. The Bertz CT molecular complexity index is 1200. The van der Waals surface area contributed by atoms with Gasteiger partial charge in [0.15, 0.2) is 0 Å². The van der Waals surface area contributed by atoms with Crippen LogP contribution in [0.4, 0.5) is 5.69 Å². The molecule has 3 N–H and O–H groups in total. The summed E-state index contributed by atoms with van der Waals surface area (Å²) in [6, 6.07) is 24.3. The molecule has 0 aliphatic heterocycles. The molecule has 0 aliphatic carbocycles. The zero-order valence-corrected chi connectivity index (χ0v) is 16.2. The predicted octanol–water partition coefficient (Wildman–Crippen LogP) is 3.96. The second-order valence-corrected chi connectivity index (χ2v) is 6.86. The highest BCUT2D eigenvalue weighted by molar-refractivity contribution is 6.03. The number of para-hydroxylation sites is 1. The summed E-state index contributed by atoms with van der Waals surface area (Å²) in [7, 11) is 0. The fourth-order valence-corrected chi connectivity index (χ4v) is 3.35. The van der Waals surface area contributed by atoms with E-state index in [1.165, 1.54) is 0 Å². The Morgan fingerprint density at radius 1 is 0.900 bits per heavy atom. The van der Waals surface area contributed by atoms with Crippen molar-refractivity contribution in [1.82, 2.24) is 4.57 Å². The third kappa shape index (κ3) is 4.17. The number of anilines is 1. The number of nitrogens with one attached hydrogen (secondary N) is 1. The smallest absolute Gasteiger partial charge is 0.250 e. The zero-order valence-electron chi connectivity index (χ0n) is 16.2. The first-order valence-corrected chi connectivity index (χ1v) is 9.55. The van der Waals surface area contributed by atoms with E-state index >= 15 is 0 Å². The molecule has 4 aromatic rings. The van der Waals surface area contributed by atoms with Crippen LogP contribution in [0.15, 0.2) is 85.1 Å². The minimum atomic E-state index is -0.586. The van der Waals surface area contributed by atoms with Gasteiger partial charge in [-0.05, 0) is 35.9 Å². The average molecular weight is 399 g/mol. The number of hydrogen-bond acceptors (Lipinski definition) is 3. The molecule has 6 heteroatoms. The molecule has 0 bridgehead atoms. The van der Waals surface area contributed by atoms with Gasteiger partial charge in [-0.25, -0.2) is 0 Å². The summed E-state index contributed by atoms with van der Waals surface area (Å²) < 4.78 is 7.84. The van der Waals surface area contributed by atoms with Crippen molar-refractivity contribution in [2.24, 2.45) is 5.73 Å². The van der Waals surface area contributed by atoms with Crippen LogP contribution in [0.25, 0.3) is 10.9 Å². The minimum absolute atomic E-state index is 0.0960. The van der Waals surface area contributed by atoms with Crippen LogP contribution in [-0.2, 0) is 17.9 Å². The monoisotopic (exact) mass is 399 g/mol. The van der Waals surface area contributed by atoms with Crippen LogP contribution in [0, 0.1) is 0 Å². The second-order valence-electron chi connectivity index (χ2n) is 6.86. The van der Waals surface area contributed by atoms with Crippen LogP contribution in [0.5, 0.6) is 5.75 Å². The summed E-state index contributed by atoms with van der Waals surface area (Å²) in [6.45, 7) is 0.564. The first-order valence-electron chi connectivity index (χ1n) is 9.55. The number of rotatable bonds is 7. The molecule has 0 atom stereocenters.